The van der Waals surface area contributed by atoms with Gasteiger partial charge in [0.05, 0.1) is 0 Å². The molecule has 6 aromatic rings. The van der Waals surface area contributed by atoms with Gasteiger partial charge in [0, 0.05) is 31.8 Å². The van der Waals surface area contributed by atoms with E-state index in [0.717, 1.165) is 0 Å². The fourth-order valence-electron chi connectivity index (χ4n) is 6.55. The van der Waals surface area contributed by atoms with Crippen LogP contribution in [0.4, 0.5) is 0 Å². The van der Waals surface area contributed by atoms with E-state index in [1.165, 1.54) is 0 Å². The minimum absolute atomic E-state index is 0. The topological polar surface area (TPSA) is 51.2 Å². The van der Waals surface area contributed by atoms with E-state index in [1.54, 1.807) is 9.88 Å². The Hall–Kier alpha value is -1.80. The average Bonchev–Trinajstić information content (AvgIpc) is 3.44. The molecule has 1 unspecified atom stereocenters. The number of halogens is 2. The van der Waals surface area contributed by atoms with Crippen molar-refractivity contribution in [2.75, 3.05) is 0 Å². The van der Waals surface area contributed by atoms with Gasteiger partial charge in [0.15, 0.2) is 21.4 Å². The molecule has 7 rings (SSSR count). The predicted molar refractivity (Wildman–Crippen MR) is 238 cm³/mol. The monoisotopic (exact) mass is 1010 g/mol. The van der Waals surface area contributed by atoms with Crippen LogP contribution in [-0.4, -0.2) is 31.4 Å². The third-order valence-corrected chi connectivity index (χ3v) is 47.1. The summed E-state index contributed by atoms with van der Waals surface area (Å²) in [5.41, 5.74) is 1.67. The molecule has 1 aliphatic rings. The van der Waals surface area contributed by atoms with Crippen LogP contribution >= 0.6 is 46.2 Å². The summed E-state index contributed by atoms with van der Waals surface area (Å²) in [6.07, 6.45) is 0. The molecular weight excluding hydrogens is 969 g/mol. The zero-order chi connectivity index (χ0) is 36.8. The number of hydrogen-bond donors (Lipinski definition) is 0. The van der Waals surface area contributed by atoms with Gasteiger partial charge in [-0.05, 0) is 0 Å². The molecule has 3 nitrogen and oxygen atoms in total. The van der Waals surface area contributed by atoms with Crippen LogP contribution < -0.4 is 31.8 Å². The van der Waals surface area contributed by atoms with Crippen molar-refractivity contribution >= 4 is 104 Å². The summed E-state index contributed by atoms with van der Waals surface area (Å²) in [5.74, 6) is 0. The van der Waals surface area contributed by atoms with Crippen LogP contribution in [0.1, 0.15) is 20.8 Å². The number of benzene rings is 6. The number of rotatable bonds is 9. The van der Waals surface area contributed by atoms with Gasteiger partial charge in [-0.15, -0.1) is 24.8 Å². The van der Waals surface area contributed by atoms with Gasteiger partial charge in [-0.3, -0.25) is 0 Å². The van der Waals surface area contributed by atoms with E-state index in [2.05, 4.69) is 20.8 Å². The summed E-state index contributed by atoms with van der Waals surface area (Å²) in [5, 5.41) is 1.80. The van der Waals surface area contributed by atoms with Crippen LogP contribution in [0.25, 0.3) is 0 Å². The Morgan fingerprint density at radius 3 is 0.759 bits per heavy atom. The smallest absolute Gasteiger partial charge is 0.161 e. The van der Waals surface area contributed by atoms with Crippen molar-refractivity contribution in [2.24, 2.45) is 0 Å². The van der Waals surface area contributed by atoms with Crippen molar-refractivity contribution in [1.29, 1.82) is 0 Å². The Kier molecular flexibility index (Phi) is 16.7. The molecular formula is C43H42As2Cl2O3P3Zr. The minimum atomic E-state index is -3.97. The van der Waals surface area contributed by atoms with Crippen LogP contribution in [0.15, 0.2) is 192 Å². The summed E-state index contributed by atoms with van der Waals surface area (Å²) in [7, 11) is -12.2. The minimum Gasteiger partial charge on any atom is -0.312 e. The molecule has 11 heteroatoms. The van der Waals surface area contributed by atoms with Gasteiger partial charge in [-0.25, -0.2) is 0 Å². The molecule has 54 heavy (non-hydrogen) atoms. The maximum absolute atomic E-state index is 16.6. The van der Waals surface area contributed by atoms with E-state index in [0.29, 0.717) is 45.1 Å². The van der Waals surface area contributed by atoms with Gasteiger partial charge < -0.3 is 13.7 Å². The second-order valence-corrected chi connectivity index (χ2v) is 49.6. The molecule has 0 aliphatic carbocycles. The van der Waals surface area contributed by atoms with Gasteiger partial charge in [0.1, 0.15) is 5.14 Å². The Labute approximate surface area is 354 Å². The van der Waals surface area contributed by atoms with Crippen LogP contribution in [0.2, 0.25) is 0 Å². The first kappa shape index (κ1) is 44.9. The molecule has 0 spiro atoms. The molecule has 275 valence electrons. The Morgan fingerprint density at radius 1 is 0.426 bits per heavy atom. The van der Waals surface area contributed by atoms with E-state index < -0.39 is 26.6 Å². The molecule has 1 heterocycles. The van der Waals surface area contributed by atoms with Gasteiger partial charge in [-0.1, -0.05) is 182 Å². The van der Waals surface area contributed by atoms with E-state index in [-0.39, 0.29) is 33.6 Å². The van der Waals surface area contributed by atoms with Crippen LogP contribution in [0.5, 0.6) is 0 Å². The van der Waals surface area contributed by atoms with E-state index in [4.69, 9.17) is 0 Å². The molecule has 1 aliphatic heterocycles. The third-order valence-electron chi connectivity index (χ3n) is 9.47. The van der Waals surface area contributed by atoms with E-state index in [1.807, 2.05) is 208 Å². The predicted octanol–water partition coefficient (Wildman–Crippen LogP) is 8.96. The maximum atomic E-state index is 16.6. The molecule has 0 amide bonds. The van der Waals surface area contributed by atoms with Gasteiger partial charge in [0.25, 0.3) is 0 Å². The quantitative estimate of drug-likeness (QED) is 0.108. The van der Waals surface area contributed by atoms with Crippen LogP contribution in [0, 0.1) is 0 Å². The fraction of sp³-hybridized carbons (Fsp3) is 0.0930. The normalized spacial score (nSPS) is 14.5. The Balaban J connectivity index is 0.000000520. The fourth-order valence-corrected chi connectivity index (χ4v) is 46.4. The van der Waals surface area contributed by atoms with Crippen molar-refractivity contribution in [3.63, 3.8) is 0 Å². The first-order valence-corrected chi connectivity index (χ1v) is 36.1. The summed E-state index contributed by atoms with van der Waals surface area (Å²) >= 11 is 2.56. The molecule has 6 aromatic carbocycles. The Morgan fingerprint density at radius 2 is 0.630 bits per heavy atom. The number of allylic oxidation sites excluding steroid dienone is 2. The molecule has 0 aromatic heterocycles. The van der Waals surface area contributed by atoms with Gasteiger partial charge in [-0.2, -0.15) is 0 Å². The first-order chi connectivity index (χ1) is 25.1. The zero-order valence-corrected chi connectivity index (χ0v) is 40.7. The summed E-state index contributed by atoms with van der Waals surface area (Å²) in [4.78, 5) is 0. The van der Waals surface area contributed by atoms with Crippen molar-refractivity contribution < 1.29 is 35.8 Å². The SMILES string of the molecule is CC1=[As][As]([Zr])C(C)=C1C.Cl.Cl.O=P(c1ccccc1)(c1ccccc1)C(P(=O)(c1ccccc1)c1ccccc1)P(=O)(c1ccccc1)c1ccccc1. The zero-order valence-electron chi connectivity index (χ0n) is 30.2. The average molecular weight is 1010 g/mol. The molecule has 0 saturated heterocycles. The van der Waals surface area contributed by atoms with Gasteiger partial charge in [0.2, 0.25) is 0 Å². The molecule has 0 fully saturated rings. The van der Waals surface area contributed by atoms with Gasteiger partial charge >= 0.3 is 79.1 Å². The second kappa shape index (κ2) is 20.1. The van der Waals surface area contributed by atoms with Crippen LogP contribution in [-0.2, 0) is 35.8 Å². The largest absolute Gasteiger partial charge is 0.312 e. The summed E-state index contributed by atoms with van der Waals surface area (Å²) < 4.78 is 53.3. The molecule has 1 atom stereocenters. The van der Waals surface area contributed by atoms with Crippen LogP contribution in [0.3, 0.4) is 0 Å². The van der Waals surface area contributed by atoms with Crippen molar-refractivity contribution in [3.8, 4) is 0 Å². The van der Waals surface area contributed by atoms with Crippen molar-refractivity contribution in [1.82, 2.24) is 0 Å². The molecule has 0 radical (unpaired) electrons. The molecule has 0 saturated carbocycles. The summed E-state index contributed by atoms with van der Waals surface area (Å²) in [6, 6.07) is 55.2. The second-order valence-electron chi connectivity index (χ2n) is 12.5. The number of hydrogen-bond acceptors (Lipinski definition) is 3. The molecule has 0 bridgehead atoms. The third kappa shape index (κ3) is 9.00. The van der Waals surface area contributed by atoms with E-state index >= 15 is 13.7 Å². The van der Waals surface area contributed by atoms with E-state index in [9.17, 15) is 0 Å². The van der Waals surface area contributed by atoms with Crippen molar-refractivity contribution in [3.05, 3.63) is 192 Å². The maximum Gasteiger partial charge on any atom is 0.161 e. The standard InChI is InChI=1S/C37H31O3P3.C6H9As2.2ClH.Zr/c38-41(31-19-7-1-8-20-31,32-21-9-2-10-22-32)37(42(39,33-23-11-3-12-24-33)34-25-13-4-14-26-34)43(40,35-27-15-5-16-28-35)36-29-17-6-18-30-36;1-4-5(2)7-8-6(4)3;;;/h1-30,37H;1-3H3;2*1H;/q;-1;;;+1. The summed E-state index contributed by atoms with van der Waals surface area (Å²) in [6.45, 7) is 6.99. The van der Waals surface area contributed by atoms with Crippen molar-refractivity contribution in [2.45, 2.75) is 25.9 Å². The first-order valence-electron chi connectivity index (χ1n) is 17.0. The molecule has 0 N–H and O–H groups in total. The Bertz CT molecular complexity index is 1970.